The normalized spacial score (nSPS) is 14.2. The van der Waals surface area contributed by atoms with Gasteiger partial charge in [0.2, 0.25) is 0 Å². The molecule has 174 valence electrons. The van der Waals surface area contributed by atoms with Gasteiger partial charge in [-0.2, -0.15) is 0 Å². The van der Waals surface area contributed by atoms with Crippen molar-refractivity contribution in [2.24, 2.45) is 0 Å². The fraction of sp³-hybridized carbons (Fsp3) is 0.571. The van der Waals surface area contributed by atoms with Crippen molar-refractivity contribution < 1.29 is 4.42 Å². The Morgan fingerprint density at radius 3 is 1.91 bits per heavy atom. The Hall–Kier alpha value is -1.94. The molecule has 4 aromatic rings. The van der Waals surface area contributed by atoms with Gasteiger partial charge >= 0.3 is 0 Å². The van der Waals surface area contributed by atoms with Crippen LogP contribution in [0.5, 0.6) is 0 Å². The summed E-state index contributed by atoms with van der Waals surface area (Å²) in [4.78, 5) is 0. The maximum Gasteiger partial charge on any atom is 0.152 e. The van der Waals surface area contributed by atoms with Crippen LogP contribution < -0.4 is 0 Å². The Morgan fingerprint density at radius 2 is 1.34 bits per heavy atom. The smallest absolute Gasteiger partial charge is 0.152 e. The molecule has 0 aromatic carbocycles. The molecular formula is C28H40N2OS. The molecule has 4 heterocycles. The molecule has 0 unspecified atom stereocenters. The molecule has 0 aliphatic heterocycles. The predicted octanol–water partition coefficient (Wildman–Crippen LogP) is 8.58. The highest BCUT2D eigenvalue weighted by Crippen LogP contribution is 2.40. The number of fused-ring (bicyclic) bond motifs is 2. The topological polar surface area (TPSA) is 23.0 Å². The van der Waals surface area contributed by atoms with Gasteiger partial charge in [-0.05, 0) is 59.1 Å². The molecule has 0 aliphatic rings. The van der Waals surface area contributed by atoms with Crippen molar-refractivity contribution >= 4 is 32.7 Å². The molecule has 0 radical (unpaired) electrons. The summed E-state index contributed by atoms with van der Waals surface area (Å²) in [6, 6.07) is 9.18. The number of hydrogen-bond donors (Lipinski definition) is 0. The lowest BCUT2D eigenvalue weighted by Crippen LogP contribution is -2.31. The van der Waals surface area contributed by atoms with Crippen molar-refractivity contribution in [2.45, 2.75) is 104 Å². The largest absolute Gasteiger partial charge is 0.459 e. The monoisotopic (exact) mass is 452 g/mol. The summed E-state index contributed by atoms with van der Waals surface area (Å²) in [5.74, 6) is 1.06. The average Bonchev–Trinajstić information content (AvgIpc) is 3.27. The van der Waals surface area contributed by atoms with Crippen LogP contribution in [0.2, 0.25) is 0 Å². The van der Waals surface area contributed by atoms with Crippen LogP contribution >= 0.6 is 11.3 Å². The summed E-state index contributed by atoms with van der Waals surface area (Å²) in [5.41, 5.74) is 6.27. The minimum Gasteiger partial charge on any atom is -0.459 e. The van der Waals surface area contributed by atoms with Gasteiger partial charge in [0, 0.05) is 51.8 Å². The maximum absolute atomic E-state index is 6.49. The Balaban J connectivity index is 1.80. The van der Waals surface area contributed by atoms with Crippen LogP contribution in [0.1, 0.15) is 93.3 Å². The molecule has 0 saturated heterocycles. The third-order valence-electron chi connectivity index (χ3n) is 6.38. The van der Waals surface area contributed by atoms with Gasteiger partial charge in [-0.1, -0.05) is 34.6 Å². The zero-order valence-electron chi connectivity index (χ0n) is 21.8. The van der Waals surface area contributed by atoms with E-state index >= 15 is 0 Å². The summed E-state index contributed by atoms with van der Waals surface area (Å²) >= 11 is 1.83. The van der Waals surface area contributed by atoms with E-state index in [1.54, 1.807) is 0 Å². The maximum atomic E-state index is 6.49. The molecule has 32 heavy (non-hydrogen) atoms. The van der Waals surface area contributed by atoms with Crippen LogP contribution in [-0.4, -0.2) is 9.13 Å². The Labute approximate surface area is 197 Å². The van der Waals surface area contributed by atoms with E-state index in [-0.39, 0.29) is 21.9 Å². The van der Waals surface area contributed by atoms with Crippen molar-refractivity contribution in [3.05, 3.63) is 46.8 Å². The Morgan fingerprint density at radius 1 is 0.750 bits per heavy atom. The number of furan rings is 1. The molecule has 0 aliphatic carbocycles. The quantitative estimate of drug-likeness (QED) is 0.305. The SMILES string of the molecule is CC(C)(C)c1cc2oc(CC(C)(C)c3cc4sccc4n3C(C)(C)C)cc2n1C(C)(C)C. The van der Waals surface area contributed by atoms with Crippen molar-refractivity contribution in [3.63, 3.8) is 0 Å². The van der Waals surface area contributed by atoms with E-state index in [2.05, 4.69) is 115 Å². The summed E-state index contributed by atoms with van der Waals surface area (Å²) in [5, 5.41) is 2.20. The zero-order chi connectivity index (χ0) is 23.9. The predicted molar refractivity (Wildman–Crippen MR) is 139 cm³/mol. The molecule has 4 rings (SSSR count). The highest BCUT2D eigenvalue weighted by atomic mass is 32.1. The fourth-order valence-electron chi connectivity index (χ4n) is 5.08. The molecular weight excluding hydrogens is 412 g/mol. The lowest BCUT2D eigenvalue weighted by molar-refractivity contribution is 0.351. The van der Waals surface area contributed by atoms with Crippen molar-refractivity contribution in [3.8, 4) is 0 Å². The molecule has 0 fully saturated rings. The van der Waals surface area contributed by atoms with Crippen LogP contribution in [0.3, 0.4) is 0 Å². The molecule has 4 heteroatoms. The third-order valence-corrected chi connectivity index (χ3v) is 7.24. The standard InChI is InChI=1S/C28H40N2OS/c1-25(2,3)23-15-21-20(30(23)27(7,8)9)14-18(31-21)17-28(10,11)24-16-22-19(12-13-32-22)29(24)26(4,5)6/h12-16H,17H2,1-11H3. The van der Waals surface area contributed by atoms with E-state index < -0.39 is 0 Å². The highest BCUT2D eigenvalue weighted by molar-refractivity contribution is 7.17. The van der Waals surface area contributed by atoms with Gasteiger partial charge in [0.1, 0.15) is 5.76 Å². The van der Waals surface area contributed by atoms with Gasteiger partial charge in [-0.25, -0.2) is 0 Å². The minimum absolute atomic E-state index is 0.00762. The second kappa shape index (κ2) is 7.03. The Kier molecular flexibility index (Phi) is 5.10. The van der Waals surface area contributed by atoms with Gasteiger partial charge in [0.15, 0.2) is 5.58 Å². The van der Waals surface area contributed by atoms with E-state index in [0.717, 1.165) is 17.8 Å². The van der Waals surface area contributed by atoms with Crippen LogP contribution in [0.4, 0.5) is 0 Å². The van der Waals surface area contributed by atoms with E-state index in [1.165, 1.54) is 27.1 Å². The number of rotatable bonds is 3. The second-order valence-electron chi connectivity index (χ2n) is 13.0. The van der Waals surface area contributed by atoms with Crippen LogP contribution in [-0.2, 0) is 28.3 Å². The van der Waals surface area contributed by atoms with Gasteiger partial charge in [-0.15, -0.1) is 11.3 Å². The average molecular weight is 453 g/mol. The third kappa shape index (κ3) is 3.85. The number of hydrogen-bond acceptors (Lipinski definition) is 2. The summed E-state index contributed by atoms with van der Waals surface area (Å²) in [6.07, 6.45) is 0.865. The van der Waals surface area contributed by atoms with E-state index in [0.29, 0.717) is 0 Å². The molecule has 0 bridgehead atoms. The first-order valence-electron chi connectivity index (χ1n) is 11.8. The second-order valence-corrected chi connectivity index (χ2v) is 14.0. The number of aromatic nitrogens is 2. The zero-order valence-corrected chi connectivity index (χ0v) is 22.6. The van der Waals surface area contributed by atoms with Gasteiger partial charge in [0.05, 0.1) is 15.7 Å². The van der Waals surface area contributed by atoms with Crippen molar-refractivity contribution in [1.82, 2.24) is 9.13 Å². The minimum atomic E-state index is -0.0548. The summed E-state index contributed by atoms with van der Waals surface area (Å²) < 4.78 is 12.8. The highest BCUT2D eigenvalue weighted by Gasteiger charge is 2.33. The summed E-state index contributed by atoms with van der Waals surface area (Å²) in [7, 11) is 0. The molecule has 0 atom stereocenters. The number of thiophene rings is 1. The van der Waals surface area contributed by atoms with Crippen LogP contribution in [0.25, 0.3) is 21.3 Å². The van der Waals surface area contributed by atoms with Gasteiger partial charge in [0.25, 0.3) is 0 Å². The molecule has 0 spiro atoms. The van der Waals surface area contributed by atoms with E-state index in [1.807, 2.05) is 11.3 Å². The first-order chi connectivity index (χ1) is 14.5. The fourth-order valence-corrected chi connectivity index (χ4v) is 5.88. The van der Waals surface area contributed by atoms with Gasteiger partial charge < -0.3 is 13.6 Å². The first-order valence-corrected chi connectivity index (χ1v) is 12.6. The summed E-state index contributed by atoms with van der Waals surface area (Å²) in [6.45, 7) is 25.3. The van der Waals surface area contributed by atoms with Crippen LogP contribution in [0.15, 0.2) is 34.1 Å². The molecule has 4 aromatic heterocycles. The molecule has 3 nitrogen and oxygen atoms in total. The van der Waals surface area contributed by atoms with Crippen molar-refractivity contribution in [2.75, 3.05) is 0 Å². The molecule has 0 amide bonds. The van der Waals surface area contributed by atoms with Crippen LogP contribution in [0, 0.1) is 0 Å². The van der Waals surface area contributed by atoms with Crippen molar-refractivity contribution in [1.29, 1.82) is 0 Å². The molecule has 0 N–H and O–H groups in total. The lowest BCUT2D eigenvalue weighted by atomic mass is 9.83. The Bertz CT molecular complexity index is 1270. The van der Waals surface area contributed by atoms with E-state index in [9.17, 15) is 0 Å². The lowest BCUT2D eigenvalue weighted by Gasteiger charge is -2.33. The first kappa shape index (κ1) is 23.2. The molecule has 0 saturated carbocycles. The van der Waals surface area contributed by atoms with E-state index in [4.69, 9.17) is 4.42 Å². The van der Waals surface area contributed by atoms with Gasteiger partial charge in [-0.3, -0.25) is 0 Å². The number of nitrogens with zero attached hydrogens (tertiary/aromatic N) is 2.